The van der Waals surface area contributed by atoms with E-state index in [0.29, 0.717) is 83.8 Å². The van der Waals surface area contributed by atoms with Crippen LogP contribution in [0.4, 0.5) is 22.1 Å². The molecule has 0 radical (unpaired) electrons. The van der Waals surface area contributed by atoms with Crippen LogP contribution in [0.1, 0.15) is 83.2 Å². The molecule has 74 heavy (non-hydrogen) atoms. The summed E-state index contributed by atoms with van der Waals surface area (Å²) >= 11 is 1.75. The normalized spacial score (nSPS) is 19.9. The minimum atomic E-state index is -0.407. The van der Waals surface area contributed by atoms with Crippen molar-refractivity contribution in [2.45, 2.75) is 70.9 Å². The second-order valence-electron chi connectivity index (χ2n) is 20.6. The van der Waals surface area contributed by atoms with Gasteiger partial charge >= 0.3 is 0 Å². The molecule has 0 spiro atoms. The first-order valence-electron chi connectivity index (χ1n) is 26.2. The number of nitrogens with two attached hydrogens (primary N) is 2. The molecular weight excluding hydrogens is 960 g/mol. The molecule has 5 aromatic heterocycles. The van der Waals surface area contributed by atoms with Crippen molar-refractivity contribution in [1.82, 2.24) is 54.5 Å². The van der Waals surface area contributed by atoms with Gasteiger partial charge < -0.3 is 40.5 Å². The molecule has 18 nitrogen and oxygen atoms in total. The fourth-order valence-electron chi connectivity index (χ4n) is 11.8. The zero-order valence-electron chi connectivity index (χ0n) is 42.3. The average molecular weight is 1030 g/mol. The summed E-state index contributed by atoms with van der Waals surface area (Å²) in [5, 5.41) is 0. The fourth-order valence-corrected chi connectivity index (χ4v) is 13.0. The van der Waals surface area contributed by atoms with Gasteiger partial charge in [-0.05, 0) is 120 Å². The number of morpholine rings is 1. The van der Waals surface area contributed by atoms with E-state index in [1.54, 1.807) is 43.0 Å². The van der Waals surface area contributed by atoms with Crippen LogP contribution < -0.4 is 21.1 Å². The maximum absolute atomic E-state index is 15.0. The number of thiophene rings is 1. The molecule has 5 aliphatic heterocycles. The Morgan fingerprint density at radius 1 is 0.838 bits per heavy atom. The van der Waals surface area contributed by atoms with Gasteiger partial charge in [0.05, 0.1) is 64.8 Å². The first-order chi connectivity index (χ1) is 36.0. The Hall–Kier alpha value is -6.48. The number of fused-ring (bicyclic) bond motifs is 2. The topological polar surface area (TPSA) is 211 Å². The molecule has 5 aliphatic rings. The van der Waals surface area contributed by atoms with Crippen LogP contribution in [-0.4, -0.2) is 152 Å². The van der Waals surface area contributed by atoms with Gasteiger partial charge in [0, 0.05) is 87.1 Å². The number of nitrogens with zero attached hydrogens (tertiary/aromatic N) is 12. The summed E-state index contributed by atoms with van der Waals surface area (Å²) in [6, 6.07) is 11.9. The SMILES string of the molecule is COc1cccc(-c2cc(F)ccc2[C@H]2Cc3nc(N)nc(C)c3C(=O)N2CCC2CCN(CC3CCN(C(=O)C4CCN(Cc5cc6nc(-c7cnc(N)nc7)nc(N7CCOCC7)c6s5)CC4)CC3)CC2)n1. The van der Waals surface area contributed by atoms with Gasteiger partial charge in [-0.1, -0.05) is 12.1 Å². The second kappa shape index (κ2) is 21.8. The molecule has 4 fully saturated rings. The van der Waals surface area contributed by atoms with Crippen LogP contribution in [0, 0.1) is 30.5 Å². The molecule has 1 aromatic carbocycles. The lowest BCUT2D eigenvalue weighted by Gasteiger charge is -2.40. The zero-order valence-corrected chi connectivity index (χ0v) is 43.1. The highest BCUT2D eigenvalue weighted by atomic mass is 32.1. The number of aromatic nitrogens is 7. The molecule has 10 heterocycles. The van der Waals surface area contributed by atoms with E-state index in [9.17, 15) is 14.0 Å². The molecule has 1 atom stereocenters. The third-order valence-corrected chi connectivity index (χ3v) is 17.0. The lowest BCUT2D eigenvalue weighted by molar-refractivity contribution is -0.138. The van der Waals surface area contributed by atoms with Crippen molar-refractivity contribution < 1.29 is 23.5 Å². The number of hydrogen-bond donors (Lipinski definition) is 2. The largest absolute Gasteiger partial charge is 0.481 e. The predicted octanol–water partition coefficient (Wildman–Crippen LogP) is 6.45. The van der Waals surface area contributed by atoms with Crippen LogP contribution in [0.15, 0.2) is 54.9 Å². The van der Waals surface area contributed by atoms with E-state index in [4.69, 9.17) is 30.9 Å². The van der Waals surface area contributed by atoms with Crippen molar-refractivity contribution in [3.63, 3.8) is 0 Å². The zero-order chi connectivity index (χ0) is 50.9. The van der Waals surface area contributed by atoms with Crippen molar-refractivity contribution in [2.75, 3.05) is 102 Å². The Morgan fingerprint density at radius 3 is 2.34 bits per heavy atom. The number of carbonyl (C=O) groups excluding carboxylic acids is 2. The average Bonchev–Trinajstić information content (AvgIpc) is 3.83. The molecule has 2 amide bonds. The number of likely N-dealkylation sites (tertiary alicyclic amines) is 3. The molecular formula is C54H65FN14O4S. The van der Waals surface area contributed by atoms with Gasteiger partial charge in [-0.3, -0.25) is 14.5 Å². The Balaban J connectivity index is 0.657. The number of halogens is 1. The highest BCUT2D eigenvalue weighted by molar-refractivity contribution is 7.19. The number of carbonyl (C=O) groups is 2. The van der Waals surface area contributed by atoms with Gasteiger partial charge in [0.1, 0.15) is 5.82 Å². The Morgan fingerprint density at radius 2 is 1.58 bits per heavy atom. The number of pyridine rings is 1. The summed E-state index contributed by atoms with van der Waals surface area (Å²) < 4.78 is 27.1. The van der Waals surface area contributed by atoms with Crippen LogP contribution in [0.3, 0.4) is 0 Å². The second-order valence-corrected chi connectivity index (χ2v) is 21.7. The van der Waals surface area contributed by atoms with Crippen molar-refractivity contribution in [1.29, 1.82) is 0 Å². The number of nitrogen functional groups attached to an aromatic ring is 2. The molecule has 0 aliphatic carbocycles. The van der Waals surface area contributed by atoms with Crippen molar-refractivity contribution in [2.24, 2.45) is 17.8 Å². The molecule has 11 rings (SSSR count). The smallest absolute Gasteiger partial charge is 0.258 e. The van der Waals surface area contributed by atoms with E-state index in [0.717, 1.165) is 138 Å². The summed E-state index contributed by atoms with van der Waals surface area (Å²) in [4.78, 5) is 73.0. The first-order valence-corrected chi connectivity index (χ1v) is 27.0. The molecule has 4 saturated heterocycles. The number of anilines is 3. The van der Waals surface area contributed by atoms with E-state index in [1.165, 1.54) is 17.0 Å². The number of hydrogen-bond acceptors (Lipinski definition) is 17. The minimum Gasteiger partial charge on any atom is -0.481 e. The van der Waals surface area contributed by atoms with Crippen molar-refractivity contribution >= 4 is 51.1 Å². The van der Waals surface area contributed by atoms with Crippen LogP contribution in [0.5, 0.6) is 5.88 Å². The number of amides is 2. The Kier molecular flexibility index (Phi) is 14.6. The van der Waals surface area contributed by atoms with Crippen LogP contribution >= 0.6 is 11.3 Å². The van der Waals surface area contributed by atoms with E-state index in [-0.39, 0.29) is 29.5 Å². The monoisotopic (exact) mass is 1020 g/mol. The van der Waals surface area contributed by atoms with Gasteiger partial charge in [0.2, 0.25) is 23.7 Å². The summed E-state index contributed by atoms with van der Waals surface area (Å²) in [6.07, 6.45) is 10.5. The van der Waals surface area contributed by atoms with E-state index in [1.807, 2.05) is 24.0 Å². The first kappa shape index (κ1) is 49.7. The lowest BCUT2D eigenvalue weighted by Crippen LogP contribution is -2.47. The molecule has 388 valence electrons. The maximum Gasteiger partial charge on any atom is 0.258 e. The number of benzene rings is 1. The number of rotatable bonds is 13. The summed E-state index contributed by atoms with van der Waals surface area (Å²) in [5.41, 5.74) is 17.2. The van der Waals surface area contributed by atoms with E-state index in [2.05, 4.69) is 50.6 Å². The van der Waals surface area contributed by atoms with Crippen LogP contribution in [0.25, 0.3) is 32.9 Å². The maximum atomic E-state index is 15.0. The van der Waals surface area contributed by atoms with Gasteiger partial charge in [0.25, 0.3) is 5.91 Å². The molecule has 0 unspecified atom stereocenters. The summed E-state index contributed by atoms with van der Waals surface area (Å²) in [6.45, 7) is 12.5. The van der Waals surface area contributed by atoms with E-state index >= 15 is 0 Å². The highest BCUT2D eigenvalue weighted by Gasteiger charge is 2.39. The number of aryl methyl sites for hydroxylation is 1. The van der Waals surface area contributed by atoms with E-state index < -0.39 is 6.04 Å². The van der Waals surface area contributed by atoms with Gasteiger partial charge in [-0.15, -0.1) is 11.3 Å². The molecule has 0 saturated carbocycles. The van der Waals surface area contributed by atoms with Gasteiger partial charge in [-0.25, -0.2) is 39.3 Å². The molecule has 20 heteroatoms. The molecule has 0 bridgehead atoms. The van der Waals surface area contributed by atoms with Gasteiger partial charge in [-0.2, -0.15) is 0 Å². The number of methoxy groups -OCH3 is 1. The molecule has 4 N–H and O–H groups in total. The third kappa shape index (κ3) is 10.7. The standard InChI is InChI=1S/C54H65FN14O4S/c1-33-47-43(63-54(57)60-33)28-45(40-7-6-38(55)26-41(40)42-4-3-5-46(61-42)72-2)69(52(47)71)21-12-34-8-15-65(16-9-34)31-35-10-19-68(20-11-35)51(70)36-13-17-66(18-14-36)32-39-27-44-48(74-39)50(67-22-24-73-25-23-67)64-49(62-44)37-29-58-53(56)59-30-37/h3-7,26-27,29-30,34-36,45H,8-25,28,31-32H2,1-2H3,(H2,56,58,59)(H2,57,60,63)/t45-/m1/s1. The quantitative estimate of drug-likeness (QED) is 0.127. The van der Waals surface area contributed by atoms with Crippen LogP contribution in [-0.2, 0) is 22.5 Å². The van der Waals surface area contributed by atoms with Crippen LogP contribution in [0.2, 0.25) is 0 Å². The fraction of sp³-hybridized carbons (Fsp3) is 0.500. The number of ether oxygens (including phenoxy) is 2. The highest BCUT2D eigenvalue weighted by Crippen LogP contribution is 2.40. The van der Waals surface area contributed by atoms with Crippen molar-refractivity contribution in [3.8, 4) is 28.5 Å². The van der Waals surface area contributed by atoms with Crippen molar-refractivity contribution in [3.05, 3.63) is 88.1 Å². The predicted molar refractivity (Wildman–Crippen MR) is 282 cm³/mol. The van der Waals surface area contributed by atoms with Gasteiger partial charge in [0.15, 0.2) is 11.6 Å². The summed E-state index contributed by atoms with van der Waals surface area (Å²) in [5.74, 6) is 3.17. The minimum absolute atomic E-state index is 0.0665. The molecule has 6 aromatic rings. The Bertz CT molecular complexity index is 2990. The summed E-state index contributed by atoms with van der Waals surface area (Å²) in [7, 11) is 1.55. The third-order valence-electron chi connectivity index (χ3n) is 15.9. The Labute approximate surface area is 434 Å². The number of piperidine rings is 3. The lowest BCUT2D eigenvalue weighted by atomic mass is 9.87.